The molecule has 0 radical (unpaired) electrons. The van der Waals surface area contributed by atoms with E-state index in [-0.39, 0.29) is 0 Å². The standard InChI is InChI=1S/C35H32N2/c1-27(2)26-28-14-20-31(21-15-28)36(3)32-22-16-29(17-23-32)30-18-24-35(25-19-30)37(33-10-6-4-7-11-33)34-12-8-5-9-13-34/h4-26H,1-3H3. The molecule has 5 aromatic rings. The Balaban J connectivity index is 1.36. The quantitative estimate of drug-likeness (QED) is 0.229. The molecule has 0 N–H and O–H groups in total. The van der Waals surface area contributed by atoms with Crippen molar-refractivity contribution in [3.05, 3.63) is 145 Å². The molecule has 0 aliphatic carbocycles. The second-order valence-corrected chi connectivity index (χ2v) is 9.47. The number of hydrogen-bond donors (Lipinski definition) is 0. The molecule has 0 aromatic heterocycles. The molecule has 0 bridgehead atoms. The molecule has 0 spiro atoms. The van der Waals surface area contributed by atoms with Crippen molar-refractivity contribution in [1.29, 1.82) is 0 Å². The van der Waals surface area contributed by atoms with E-state index in [0.717, 1.165) is 22.7 Å². The molecule has 182 valence electrons. The number of allylic oxidation sites excluding steroid dienone is 1. The van der Waals surface area contributed by atoms with E-state index >= 15 is 0 Å². The highest BCUT2D eigenvalue weighted by atomic mass is 15.1. The molecule has 0 unspecified atom stereocenters. The van der Waals surface area contributed by atoms with Crippen LogP contribution in [0.15, 0.2) is 139 Å². The van der Waals surface area contributed by atoms with Gasteiger partial charge in [-0.15, -0.1) is 0 Å². The predicted octanol–water partition coefficient (Wildman–Crippen LogP) is 10.0. The van der Waals surface area contributed by atoms with Gasteiger partial charge in [0.25, 0.3) is 0 Å². The molecule has 2 heteroatoms. The van der Waals surface area contributed by atoms with E-state index < -0.39 is 0 Å². The van der Waals surface area contributed by atoms with Gasteiger partial charge in [0.2, 0.25) is 0 Å². The van der Waals surface area contributed by atoms with Crippen LogP contribution in [0.3, 0.4) is 0 Å². The van der Waals surface area contributed by atoms with Crippen LogP contribution < -0.4 is 9.80 Å². The van der Waals surface area contributed by atoms with E-state index in [1.807, 2.05) is 0 Å². The lowest BCUT2D eigenvalue weighted by Gasteiger charge is -2.25. The fraction of sp³-hybridized carbons (Fsp3) is 0.0857. The zero-order valence-electron chi connectivity index (χ0n) is 21.7. The second-order valence-electron chi connectivity index (χ2n) is 9.47. The van der Waals surface area contributed by atoms with E-state index in [0.29, 0.717) is 0 Å². The lowest BCUT2D eigenvalue weighted by molar-refractivity contribution is 1.21. The van der Waals surface area contributed by atoms with Crippen LogP contribution in [0.1, 0.15) is 19.4 Å². The van der Waals surface area contributed by atoms with Crippen LogP contribution in [-0.2, 0) is 0 Å². The fourth-order valence-electron chi connectivity index (χ4n) is 4.56. The van der Waals surface area contributed by atoms with E-state index in [1.54, 1.807) is 0 Å². The Kier molecular flexibility index (Phi) is 7.19. The Labute approximate surface area is 220 Å². The van der Waals surface area contributed by atoms with Crippen LogP contribution in [0.25, 0.3) is 17.2 Å². The molecule has 2 nitrogen and oxygen atoms in total. The van der Waals surface area contributed by atoms with Gasteiger partial charge in [-0.05, 0) is 91.2 Å². The van der Waals surface area contributed by atoms with Gasteiger partial charge in [0.1, 0.15) is 0 Å². The van der Waals surface area contributed by atoms with Crippen LogP contribution in [0.5, 0.6) is 0 Å². The molecule has 0 fully saturated rings. The molecule has 0 saturated carbocycles. The predicted molar refractivity (Wildman–Crippen MR) is 160 cm³/mol. The summed E-state index contributed by atoms with van der Waals surface area (Å²) in [6.45, 7) is 4.25. The van der Waals surface area contributed by atoms with Gasteiger partial charge >= 0.3 is 0 Å². The third-order valence-corrected chi connectivity index (χ3v) is 6.48. The van der Waals surface area contributed by atoms with Gasteiger partial charge in [0.05, 0.1) is 0 Å². The van der Waals surface area contributed by atoms with Crippen LogP contribution in [0, 0.1) is 0 Å². The average Bonchev–Trinajstić information content (AvgIpc) is 2.95. The monoisotopic (exact) mass is 480 g/mol. The Bertz CT molecular complexity index is 1410. The summed E-state index contributed by atoms with van der Waals surface area (Å²) in [5.74, 6) is 0. The number of benzene rings is 5. The molecule has 5 aromatic carbocycles. The van der Waals surface area contributed by atoms with Crippen molar-refractivity contribution in [1.82, 2.24) is 0 Å². The van der Waals surface area contributed by atoms with Gasteiger partial charge in [0.15, 0.2) is 0 Å². The van der Waals surface area contributed by atoms with Crippen molar-refractivity contribution in [3.63, 3.8) is 0 Å². The van der Waals surface area contributed by atoms with Gasteiger partial charge < -0.3 is 9.80 Å². The van der Waals surface area contributed by atoms with E-state index in [1.165, 1.54) is 28.0 Å². The topological polar surface area (TPSA) is 6.48 Å². The average molecular weight is 481 g/mol. The first-order chi connectivity index (χ1) is 18.1. The van der Waals surface area contributed by atoms with Crippen molar-refractivity contribution in [2.75, 3.05) is 16.8 Å². The first kappa shape index (κ1) is 24.1. The van der Waals surface area contributed by atoms with Crippen LogP contribution in [0.4, 0.5) is 28.4 Å². The van der Waals surface area contributed by atoms with Crippen molar-refractivity contribution < 1.29 is 0 Å². The van der Waals surface area contributed by atoms with E-state index in [9.17, 15) is 0 Å². The maximum atomic E-state index is 2.28. The van der Waals surface area contributed by atoms with Crippen LogP contribution in [-0.4, -0.2) is 7.05 Å². The summed E-state index contributed by atoms with van der Waals surface area (Å²) in [5, 5.41) is 0. The Hall–Kier alpha value is -4.56. The number of rotatable bonds is 7. The van der Waals surface area contributed by atoms with Gasteiger partial charge in [-0.25, -0.2) is 0 Å². The number of para-hydroxylation sites is 2. The zero-order valence-corrected chi connectivity index (χ0v) is 21.7. The van der Waals surface area contributed by atoms with E-state index in [2.05, 4.69) is 170 Å². The fourth-order valence-corrected chi connectivity index (χ4v) is 4.56. The number of hydrogen-bond acceptors (Lipinski definition) is 2. The van der Waals surface area contributed by atoms with Crippen molar-refractivity contribution in [2.45, 2.75) is 13.8 Å². The lowest BCUT2D eigenvalue weighted by atomic mass is 10.0. The minimum Gasteiger partial charge on any atom is -0.345 e. The highest BCUT2D eigenvalue weighted by Crippen LogP contribution is 2.35. The molecule has 37 heavy (non-hydrogen) atoms. The van der Waals surface area contributed by atoms with Gasteiger partial charge in [0, 0.05) is 35.5 Å². The zero-order chi connectivity index (χ0) is 25.6. The number of anilines is 5. The molecular formula is C35H32N2. The second kappa shape index (κ2) is 11.0. The first-order valence-corrected chi connectivity index (χ1v) is 12.7. The summed E-state index contributed by atoms with van der Waals surface area (Å²) >= 11 is 0. The Morgan fingerprint density at radius 1 is 0.459 bits per heavy atom. The minimum atomic E-state index is 1.13. The first-order valence-electron chi connectivity index (χ1n) is 12.7. The normalized spacial score (nSPS) is 10.6. The number of nitrogens with zero attached hydrogens (tertiary/aromatic N) is 2. The third kappa shape index (κ3) is 5.65. The van der Waals surface area contributed by atoms with Crippen LogP contribution in [0.2, 0.25) is 0 Å². The summed E-state index contributed by atoms with van der Waals surface area (Å²) in [4.78, 5) is 4.50. The van der Waals surface area contributed by atoms with Crippen LogP contribution >= 0.6 is 0 Å². The minimum absolute atomic E-state index is 1.13. The SMILES string of the molecule is CC(C)=Cc1ccc(N(C)c2ccc(-c3ccc(N(c4ccccc4)c4ccccc4)cc3)cc2)cc1. The highest BCUT2D eigenvalue weighted by Gasteiger charge is 2.12. The van der Waals surface area contributed by atoms with E-state index in [4.69, 9.17) is 0 Å². The maximum absolute atomic E-state index is 2.28. The molecule has 0 aliphatic rings. The molecule has 0 atom stereocenters. The smallest absolute Gasteiger partial charge is 0.0462 e. The van der Waals surface area contributed by atoms with Gasteiger partial charge in [-0.1, -0.05) is 84.4 Å². The molecule has 0 amide bonds. The summed E-state index contributed by atoms with van der Waals surface area (Å²) in [6, 6.07) is 47.3. The molecule has 5 rings (SSSR count). The summed E-state index contributed by atoms with van der Waals surface area (Å²) in [7, 11) is 2.11. The molecule has 0 saturated heterocycles. The summed E-state index contributed by atoms with van der Waals surface area (Å²) in [6.07, 6.45) is 2.20. The Morgan fingerprint density at radius 3 is 1.27 bits per heavy atom. The highest BCUT2D eigenvalue weighted by molar-refractivity contribution is 5.78. The molecule has 0 aliphatic heterocycles. The van der Waals surface area contributed by atoms with Crippen molar-refractivity contribution >= 4 is 34.5 Å². The van der Waals surface area contributed by atoms with Gasteiger partial charge in [-0.2, -0.15) is 0 Å². The Morgan fingerprint density at radius 2 is 0.838 bits per heavy atom. The molecule has 0 heterocycles. The van der Waals surface area contributed by atoms with Crippen molar-refractivity contribution in [3.8, 4) is 11.1 Å². The summed E-state index contributed by atoms with van der Waals surface area (Å²) in [5.41, 5.74) is 10.7. The maximum Gasteiger partial charge on any atom is 0.0462 e. The lowest BCUT2D eigenvalue weighted by Crippen LogP contribution is -2.09. The molecular weight excluding hydrogens is 448 g/mol. The summed E-state index contributed by atoms with van der Waals surface area (Å²) < 4.78 is 0. The third-order valence-electron chi connectivity index (χ3n) is 6.48. The largest absolute Gasteiger partial charge is 0.345 e. The van der Waals surface area contributed by atoms with Gasteiger partial charge in [-0.3, -0.25) is 0 Å². The van der Waals surface area contributed by atoms with Crippen molar-refractivity contribution in [2.24, 2.45) is 0 Å².